The van der Waals surface area contributed by atoms with Crippen LogP contribution in [0.25, 0.3) is 0 Å². The van der Waals surface area contributed by atoms with Gasteiger partial charge in [0.15, 0.2) is 0 Å². The number of aromatic amines is 1. The molecule has 110 valence electrons. The van der Waals surface area contributed by atoms with Crippen molar-refractivity contribution in [1.29, 1.82) is 0 Å². The third-order valence-corrected chi connectivity index (χ3v) is 4.11. The van der Waals surface area contributed by atoms with E-state index in [9.17, 15) is 8.78 Å². The van der Waals surface area contributed by atoms with Gasteiger partial charge in [0.1, 0.15) is 22.1 Å². The van der Waals surface area contributed by atoms with Gasteiger partial charge in [-0.05, 0) is 42.5 Å². The van der Waals surface area contributed by atoms with E-state index in [4.69, 9.17) is 12.2 Å². The maximum Gasteiger partial charge on any atom is 0.130 e. The zero-order valence-corrected chi connectivity index (χ0v) is 12.4. The minimum absolute atomic E-state index is 0.346. The van der Waals surface area contributed by atoms with Crippen LogP contribution in [-0.4, -0.2) is 9.97 Å². The molecule has 0 unspecified atom stereocenters. The molecule has 21 heavy (non-hydrogen) atoms. The smallest absolute Gasteiger partial charge is 0.130 e. The molecule has 0 aliphatic heterocycles. The third kappa shape index (κ3) is 3.53. The van der Waals surface area contributed by atoms with Crippen LogP contribution < -0.4 is 0 Å². The first-order valence-corrected chi connectivity index (χ1v) is 7.56. The van der Waals surface area contributed by atoms with Gasteiger partial charge in [0.2, 0.25) is 0 Å². The van der Waals surface area contributed by atoms with E-state index in [-0.39, 0.29) is 0 Å². The molecular weight excluding hydrogens is 290 g/mol. The molecule has 0 radical (unpaired) electrons. The highest BCUT2D eigenvalue weighted by atomic mass is 32.1. The molecule has 1 heterocycles. The van der Waals surface area contributed by atoms with Gasteiger partial charge < -0.3 is 4.98 Å². The second-order valence-electron chi connectivity index (χ2n) is 5.56. The van der Waals surface area contributed by atoms with Crippen molar-refractivity contribution in [1.82, 2.24) is 9.97 Å². The summed E-state index contributed by atoms with van der Waals surface area (Å²) in [5.41, 5.74) is 1.65. The van der Waals surface area contributed by atoms with Crippen molar-refractivity contribution in [2.45, 2.75) is 38.0 Å². The Hall–Kier alpha value is -1.62. The Morgan fingerprint density at radius 1 is 1.10 bits per heavy atom. The molecule has 1 fully saturated rings. The van der Waals surface area contributed by atoms with E-state index < -0.39 is 11.6 Å². The third-order valence-electron chi connectivity index (χ3n) is 3.90. The van der Waals surface area contributed by atoms with Gasteiger partial charge in [-0.3, -0.25) is 0 Å². The number of rotatable bonds is 3. The highest BCUT2D eigenvalue weighted by Crippen LogP contribution is 2.33. The number of H-pyrrole nitrogens is 1. The van der Waals surface area contributed by atoms with Crippen LogP contribution in [0.5, 0.6) is 0 Å². The fourth-order valence-corrected chi connectivity index (χ4v) is 3.21. The topological polar surface area (TPSA) is 28.7 Å². The Morgan fingerprint density at radius 3 is 2.43 bits per heavy atom. The zero-order chi connectivity index (χ0) is 14.8. The van der Waals surface area contributed by atoms with Crippen molar-refractivity contribution in [3.8, 4) is 0 Å². The van der Waals surface area contributed by atoms with Crippen LogP contribution in [0.3, 0.4) is 0 Å². The standard InChI is InChI=1S/C16H16F2N2S/c17-12-5-10(6-13(18)8-12)7-15-19-14(9-16(21)20-15)11-3-1-2-4-11/h5-6,8-9,11H,1-4,7H2,(H,19,20,21). The second-order valence-corrected chi connectivity index (χ2v) is 5.98. The number of nitrogens with zero attached hydrogens (tertiary/aromatic N) is 1. The summed E-state index contributed by atoms with van der Waals surface area (Å²) in [5, 5.41) is 0. The minimum Gasteiger partial charge on any atom is -0.347 e. The lowest BCUT2D eigenvalue weighted by molar-refractivity contribution is 0.580. The van der Waals surface area contributed by atoms with Crippen LogP contribution in [0.2, 0.25) is 0 Å². The lowest BCUT2D eigenvalue weighted by Gasteiger charge is -2.11. The van der Waals surface area contributed by atoms with Gasteiger partial charge in [-0.15, -0.1) is 0 Å². The number of halogens is 2. The summed E-state index contributed by atoms with van der Waals surface area (Å²) < 4.78 is 27.0. The normalized spacial score (nSPS) is 15.5. The molecule has 2 aromatic rings. The average molecular weight is 306 g/mol. The molecule has 1 aromatic heterocycles. The molecule has 5 heteroatoms. The van der Waals surface area contributed by atoms with Crippen LogP contribution in [0, 0.1) is 16.3 Å². The fourth-order valence-electron chi connectivity index (χ4n) is 2.98. The zero-order valence-electron chi connectivity index (χ0n) is 11.5. The number of nitrogens with one attached hydrogen (secondary N) is 1. The van der Waals surface area contributed by atoms with E-state index >= 15 is 0 Å². The van der Waals surface area contributed by atoms with Gasteiger partial charge in [-0.1, -0.05) is 25.1 Å². The Bertz CT molecular complexity index is 685. The van der Waals surface area contributed by atoms with Crippen molar-refractivity contribution < 1.29 is 8.78 Å². The molecular formula is C16H16F2N2S. The second kappa shape index (κ2) is 6.02. The average Bonchev–Trinajstić information content (AvgIpc) is 2.90. The Kier molecular flexibility index (Phi) is 4.10. The van der Waals surface area contributed by atoms with E-state index in [1.807, 2.05) is 6.07 Å². The Labute approximate surface area is 127 Å². The van der Waals surface area contributed by atoms with E-state index in [0.29, 0.717) is 28.4 Å². The Balaban J connectivity index is 1.89. The van der Waals surface area contributed by atoms with Crippen molar-refractivity contribution >= 4 is 12.2 Å². The van der Waals surface area contributed by atoms with Crippen molar-refractivity contribution in [2.24, 2.45) is 0 Å². The van der Waals surface area contributed by atoms with Crippen LogP contribution >= 0.6 is 12.2 Å². The number of aromatic nitrogens is 2. The van der Waals surface area contributed by atoms with Gasteiger partial charge >= 0.3 is 0 Å². The van der Waals surface area contributed by atoms with Gasteiger partial charge in [0, 0.05) is 18.2 Å². The molecule has 1 aromatic carbocycles. The van der Waals surface area contributed by atoms with E-state index in [1.165, 1.54) is 25.0 Å². The monoisotopic (exact) mass is 306 g/mol. The number of hydrogen-bond acceptors (Lipinski definition) is 2. The van der Waals surface area contributed by atoms with E-state index in [0.717, 1.165) is 24.6 Å². The van der Waals surface area contributed by atoms with Gasteiger partial charge in [0.05, 0.1) is 0 Å². The molecule has 0 atom stereocenters. The van der Waals surface area contributed by atoms with Crippen LogP contribution in [0.15, 0.2) is 24.3 Å². The lowest BCUT2D eigenvalue weighted by atomic mass is 10.0. The van der Waals surface area contributed by atoms with E-state index in [1.54, 1.807) is 0 Å². The summed E-state index contributed by atoms with van der Waals surface area (Å²) in [6.45, 7) is 0. The van der Waals surface area contributed by atoms with Crippen molar-refractivity contribution in [3.63, 3.8) is 0 Å². The van der Waals surface area contributed by atoms with Crippen LogP contribution in [-0.2, 0) is 6.42 Å². The van der Waals surface area contributed by atoms with E-state index in [2.05, 4.69) is 9.97 Å². The highest BCUT2D eigenvalue weighted by molar-refractivity contribution is 7.71. The van der Waals surface area contributed by atoms with Gasteiger partial charge in [0.25, 0.3) is 0 Å². The van der Waals surface area contributed by atoms with Crippen molar-refractivity contribution in [2.75, 3.05) is 0 Å². The minimum atomic E-state index is -0.574. The molecule has 2 nitrogen and oxygen atoms in total. The van der Waals surface area contributed by atoms with Gasteiger partial charge in [-0.2, -0.15) is 0 Å². The molecule has 1 N–H and O–H groups in total. The first-order valence-electron chi connectivity index (χ1n) is 7.15. The molecule has 0 amide bonds. The summed E-state index contributed by atoms with van der Waals surface area (Å²) in [7, 11) is 0. The first kappa shape index (κ1) is 14.3. The lowest BCUT2D eigenvalue weighted by Crippen LogP contribution is -2.04. The molecule has 1 aliphatic rings. The SMILES string of the molecule is Fc1cc(F)cc(Cc2nc(=S)cc(C3CCCC3)[nH]2)c1. The Morgan fingerprint density at radius 2 is 1.76 bits per heavy atom. The highest BCUT2D eigenvalue weighted by Gasteiger charge is 2.18. The van der Waals surface area contributed by atoms with Crippen molar-refractivity contribution in [3.05, 3.63) is 57.6 Å². The summed E-state index contributed by atoms with van der Waals surface area (Å²) in [6, 6.07) is 5.42. The molecule has 0 saturated heterocycles. The summed E-state index contributed by atoms with van der Waals surface area (Å²) in [5.74, 6) is 0.0122. The molecule has 0 bridgehead atoms. The summed E-state index contributed by atoms with van der Waals surface area (Å²) in [6.07, 6.45) is 5.13. The predicted molar refractivity (Wildman–Crippen MR) is 79.8 cm³/mol. The summed E-state index contributed by atoms with van der Waals surface area (Å²) >= 11 is 5.21. The molecule has 1 saturated carbocycles. The first-order chi connectivity index (χ1) is 10.1. The number of hydrogen-bond donors (Lipinski definition) is 1. The van der Waals surface area contributed by atoms with Crippen LogP contribution in [0.1, 0.15) is 48.7 Å². The molecule has 0 spiro atoms. The summed E-state index contributed by atoms with van der Waals surface area (Å²) in [4.78, 5) is 7.57. The fraction of sp³-hybridized carbons (Fsp3) is 0.375. The molecule has 1 aliphatic carbocycles. The molecule has 3 rings (SSSR count). The quantitative estimate of drug-likeness (QED) is 0.835. The number of benzene rings is 1. The van der Waals surface area contributed by atoms with Gasteiger partial charge in [-0.25, -0.2) is 13.8 Å². The maximum absolute atomic E-state index is 13.2. The maximum atomic E-state index is 13.2. The largest absolute Gasteiger partial charge is 0.347 e. The predicted octanol–water partition coefficient (Wildman–Crippen LogP) is 4.67. The van der Waals surface area contributed by atoms with Crippen LogP contribution in [0.4, 0.5) is 8.78 Å².